The third-order valence-corrected chi connectivity index (χ3v) is 1.61. The second-order valence-electron chi connectivity index (χ2n) is 2.50. The average Bonchev–Trinajstić information content (AvgIpc) is 2.06. The maximum Gasteiger partial charge on any atom is 0.164 e. The molecule has 4 nitrogen and oxygen atoms in total. The molecule has 0 saturated heterocycles. The molecule has 12 heavy (non-hydrogen) atoms. The summed E-state index contributed by atoms with van der Waals surface area (Å²) in [5.41, 5.74) is 0. The summed E-state index contributed by atoms with van der Waals surface area (Å²) in [5, 5.41) is 9.34. The van der Waals surface area contributed by atoms with Gasteiger partial charge in [0.1, 0.15) is 12.2 Å². The number of methoxy groups -OCH3 is 2. The van der Waals surface area contributed by atoms with Gasteiger partial charge in [0.05, 0.1) is 6.61 Å². The van der Waals surface area contributed by atoms with Gasteiger partial charge in [-0.25, -0.2) is 0 Å². The van der Waals surface area contributed by atoms with Crippen LogP contribution in [0.3, 0.4) is 0 Å². The van der Waals surface area contributed by atoms with Crippen LogP contribution in [0.4, 0.5) is 0 Å². The fraction of sp³-hybridized carbons (Fsp3) is 0.875. The van der Waals surface area contributed by atoms with E-state index in [0.29, 0.717) is 6.42 Å². The molecule has 0 saturated carbocycles. The standard InChI is InChI=1S/C8H16O4/c1-4-6(9)8(12-3)7(10)5-11-2/h7-8,10H,4-5H2,1-3H3/t7-,8+/m1/s1. The lowest BCUT2D eigenvalue weighted by molar-refractivity contribution is -0.137. The number of ether oxygens (including phenoxy) is 2. The number of hydrogen-bond acceptors (Lipinski definition) is 4. The van der Waals surface area contributed by atoms with Gasteiger partial charge in [-0.15, -0.1) is 0 Å². The Kier molecular flexibility index (Phi) is 5.88. The molecule has 0 aliphatic heterocycles. The van der Waals surface area contributed by atoms with E-state index in [9.17, 15) is 9.90 Å². The van der Waals surface area contributed by atoms with Crippen LogP contribution in [-0.4, -0.2) is 43.9 Å². The SMILES string of the molecule is CCC(=O)[C@H](OC)[C@H](O)COC. The summed E-state index contributed by atoms with van der Waals surface area (Å²) < 4.78 is 9.54. The van der Waals surface area contributed by atoms with Crippen LogP contribution in [0.2, 0.25) is 0 Å². The van der Waals surface area contributed by atoms with Gasteiger partial charge in [-0.3, -0.25) is 4.79 Å². The Morgan fingerprint density at radius 1 is 1.50 bits per heavy atom. The van der Waals surface area contributed by atoms with Crippen molar-refractivity contribution in [3.05, 3.63) is 0 Å². The fourth-order valence-corrected chi connectivity index (χ4v) is 0.962. The van der Waals surface area contributed by atoms with E-state index in [1.807, 2.05) is 0 Å². The van der Waals surface area contributed by atoms with Crippen molar-refractivity contribution in [1.82, 2.24) is 0 Å². The van der Waals surface area contributed by atoms with Crippen LogP contribution in [-0.2, 0) is 14.3 Å². The summed E-state index contributed by atoms with van der Waals surface area (Å²) in [4.78, 5) is 11.1. The van der Waals surface area contributed by atoms with Crippen molar-refractivity contribution in [1.29, 1.82) is 0 Å². The van der Waals surface area contributed by atoms with Crippen molar-refractivity contribution in [2.75, 3.05) is 20.8 Å². The number of aliphatic hydroxyl groups is 1. The summed E-state index contributed by atoms with van der Waals surface area (Å²) in [5.74, 6) is -0.109. The number of Topliss-reactive ketones (excluding diaryl/α,β-unsaturated/α-hetero) is 1. The van der Waals surface area contributed by atoms with Gasteiger partial charge in [0.2, 0.25) is 0 Å². The Morgan fingerprint density at radius 3 is 2.42 bits per heavy atom. The van der Waals surface area contributed by atoms with E-state index < -0.39 is 12.2 Å². The van der Waals surface area contributed by atoms with Gasteiger partial charge < -0.3 is 14.6 Å². The van der Waals surface area contributed by atoms with Crippen molar-refractivity contribution in [3.8, 4) is 0 Å². The zero-order valence-corrected chi connectivity index (χ0v) is 7.74. The lowest BCUT2D eigenvalue weighted by atomic mass is 10.1. The quantitative estimate of drug-likeness (QED) is 0.618. The lowest BCUT2D eigenvalue weighted by Gasteiger charge is -2.18. The summed E-state index contributed by atoms with van der Waals surface area (Å²) >= 11 is 0. The van der Waals surface area contributed by atoms with E-state index in [0.717, 1.165) is 0 Å². The molecule has 4 heteroatoms. The normalized spacial score (nSPS) is 15.7. The van der Waals surface area contributed by atoms with Crippen molar-refractivity contribution in [2.45, 2.75) is 25.6 Å². The van der Waals surface area contributed by atoms with E-state index in [4.69, 9.17) is 9.47 Å². The second kappa shape index (κ2) is 6.11. The molecule has 2 atom stereocenters. The van der Waals surface area contributed by atoms with Crippen LogP contribution in [0.1, 0.15) is 13.3 Å². The first-order valence-corrected chi connectivity index (χ1v) is 3.89. The van der Waals surface area contributed by atoms with Crippen LogP contribution in [0.5, 0.6) is 0 Å². The summed E-state index contributed by atoms with van der Waals surface area (Å²) in [6, 6.07) is 0. The van der Waals surface area contributed by atoms with Crippen molar-refractivity contribution in [3.63, 3.8) is 0 Å². The third kappa shape index (κ3) is 3.30. The highest BCUT2D eigenvalue weighted by Crippen LogP contribution is 2.02. The summed E-state index contributed by atoms with van der Waals surface area (Å²) in [6.45, 7) is 1.85. The minimum Gasteiger partial charge on any atom is -0.388 e. The van der Waals surface area contributed by atoms with Crippen LogP contribution in [0.15, 0.2) is 0 Å². The highest BCUT2D eigenvalue weighted by atomic mass is 16.5. The van der Waals surface area contributed by atoms with Crippen LogP contribution < -0.4 is 0 Å². The molecule has 0 heterocycles. The lowest BCUT2D eigenvalue weighted by Crippen LogP contribution is -2.38. The fourth-order valence-electron chi connectivity index (χ4n) is 0.962. The van der Waals surface area contributed by atoms with Gasteiger partial charge in [-0.05, 0) is 0 Å². The maximum absolute atomic E-state index is 11.1. The number of rotatable bonds is 6. The Bertz CT molecular complexity index is 135. The third-order valence-electron chi connectivity index (χ3n) is 1.61. The molecule has 0 unspecified atom stereocenters. The van der Waals surface area contributed by atoms with E-state index in [2.05, 4.69) is 0 Å². The van der Waals surface area contributed by atoms with Gasteiger partial charge in [0, 0.05) is 20.6 Å². The molecule has 72 valence electrons. The molecule has 0 aliphatic rings. The molecule has 1 N–H and O–H groups in total. The molecular weight excluding hydrogens is 160 g/mol. The van der Waals surface area contributed by atoms with Crippen LogP contribution in [0.25, 0.3) is 0 Å². The molecule has 0 fully saturated rings. The molecule has 0 amide bonds. The molecule has 0 rings (SSSR count). The topological polar surface area (TPSA) is 55.8 Å². The first kappa shape index (κ1) is 11.6. The first-order valence-electron chi connectivity index (χ1n) is 3.89. The van der Waals surface area contributed by atoms with Crippen molar-refractivity contribution >= 4 is 5.78 Å². The predicted octanol–water partition coefficient (Wildman–Crippen LogP) is -0.0122. The Balaban J connectivity index is 4.03. The van der Waals surface area contributed by atoms with Crippen LogP contribution >= 0.6 is 0 Å². The summed E-state index contributed by atoms with van der Waals surface area (Å²) in [7, 11) is 2.86. The largest absolute Gasteiger partial charge is 0.388 e. The summed E-state index contributed by atoms with van der Waals surface area (Å²) in [6.07, 6.45) is -1.26. The van der Waals surface area contributed by atoms with Gasteiger partial charge in [0.25, 0.3) is 0 Å². The van der Waals surface area contributed by atoms with Gasteiger partial charge in [-0.1, -0.05) is 6.92 Å². The molecule has 0 aliphatic carbocycles. The second-order valence-corrected chi connectivity index (χ2v) is 2.50. The number of aliphatic hydroxyl groups excluding tert-OH is 1. The minimum absolute atomic E-state index is 0.109. The molecule has 0 radical (unpaired) electrons. The first-order chi connectivity index (χ1) is 5.67. The monoisotopic (exact) mass is 176 g/mol. The highest BCUT2D eigenvalue weighted by Gasteiger charge is 2.24. The Labute approximate surface area is 72.5 Å². The zero-order chi connectivity index (χ0) is 9.56. The van der Waals surface area contributed by atoms with Crippen molar-refractivity contribution in [2.24, 2.45) is 0 Å². The van der Waals surface area contributed by atoms with Crippen molar-refractivity contribution < 1.29 is 19.4 Å². The molecular formula is C8H16O4. The van der Waals surface area contributed by atoms with E-state index in [1.54, 1.807) is 6.92 Å². The van der Waals surface area contributed by atoms with E-state index in [-0.39, 0.29) is 12.4 Å². The van der Waals surface area contributed by atoms with Crippen LogP contribution in [0, 0.1) is 0 Å². The molecule has 0 aromatic heterocycles. The maximum atomic E-state index is 11.1. The number of carbonyl (C=O) groups is 1. The van der Waals surface area contributed by atoms with Gasteiger partial charge >= 0.3 is 0 Å². The van der Waals surface area contributed by atoms with Gasteiger partial charge in [0.15, 0.2) is 5.78 Å². The molecule has 0 spiro atoms. The number of ketones is 1. The predicted molar refractivity (Wildman–Crippen MR) is 44.0 cm³/mol. The number of hydrogen-bond donors (Lipinski definition) is 1. The van der Waals surface area contributed by atoms with E-state index in [1.165, 1.54) is 14.2 Å². The Hall–Kier alpha value is -0.450. The molecule has 0 aromatic rings. The Morgan fingerprint density at radius 2 is 2.08 bits per heavy atom. The number of carbonyl (C=O) groups excluding carboxylic acids is 1. The molecule has 0 aromatic carbocycles. The highest BCUT2D eigenvalue weighted by molar-refractivity contribution is 5.83. The zero-order valence-electron chi connectivity index (χ0n) is 7.74. The minimum atomic E-state index is -0.868. The average molecular weight is 176 g/mol. The molecule has 0 bridgehead atoms. The van der Waals surface area contributed by atoms with E-state index >= 15 is 0 Å². The van der Waals surface area contributed by atoms with Gasteiger partial charge in [-0.2, -0.15) is 0 Å². The smallest absolute Gasteiger partial charge is 0.164 e.